The maximum absolute atomic E-state index is 12.7. The van der Waals surface area contributed by atoms with Gasteiger partial charge in [-0.1, -0.05) is 0 Å². The van der Waals surface area contributed by atoms with Gasteiger partial charge in [-0.05, 0) is 25.7 Å². The fraction of sp³-hybridized carbons (Fsp3) is 0.579. The molecule has 9 heteroatoms. The molecule has 1 N–H and O–H groups in total. The van der Waals surface area contributed by atoms with E-state index in [2.05, 4.69) is 20.3 Å². The lowest BCUT2D eigenvalue weighted by atomic mass is 9.93. The molecule has 9 nitrogen and oxygen atoms in total. The molecule has 0 spiro atoms. The highest BCUT2D eigenvalue weighted by Crippen LogP contribution is 2.23. The Kier molecular flexibility index (Phi) is 6.94. The molecule has 0 radical (unpaired) electrons. The van der Waals surface area contributed by atoms with Gasteiger partial charge >= 0.3 is 0 Å². The number of rotatable bonds is 8. The van der Waals surface area contributed by atoms with E-state index in [-0.39, 0.29) is 23.9 Å². The normalized spacial score (nSPS) is 19.4. The summed E-state index contributed by atoms with van der Waals surface area (Å²) in [6.45, 7) is 1.20. The van der Waals surface area contributed by atoms with Gasteiger partial charge in [0.15, 0.2) is 0 Å². The van der Waals surface area contributed by atoms with Crippen molar-refractivity contribution in [3.8, 4) is 17.3 Å². The van der Waals surface area contributed by atoms with Gasteiger partial charge in [0.2, 0.25) is 11.7 Å². The maximum atomic E-state index is 12.7. The number of nitrogens with one attached hydrogen (secondary N) is 1. The molecule has 0 aromatic carbocycles. The number of carbonyl (C=O) groups excluding carboxylic acids is 1. The molecule has 1 aliphatic rings. The Morgan fingerprint density at radius 1 is 1.21 bits per heavy atom. The van der Waals surface area contributed by atoms with E-state index in [1.165, 1.54) is 7.11 Å². The minimum atomic E-state index is -0.300. The van der Waals surface area contributed by atoms with Crippen LogP contribution in [0.4, 0.5) is 0 Å². The summed E-state index contributed by atoms with van der Waals surface area (Å²) in [7, 11) is 5.04. The zero-order valence-electron chi connectivity index (χ0n) is 16.6. The highest BCUT2D eigenvalue weighted by molar-refractivity contribution is 5.91. The first kappa shape index (κ1) is 20.2. The lowest BCUT2D eigenvalue weighted by Gasteiger charge is -2.29. The van der Waals surface area contributed by atoms with Crippen molar-refractivity contribution in [1.82, 2.24) is 24.8 Å². The average molecular weight is 389 g/mol. The van der Waals surface area contributed by atoms with Gasteiger partial charge in [-0.2, -0.15) is 4.98 Å². The Morgan fingerprint density at radius 3 is 2.64 bits per heavy atom. The molecule has 3 rings (SSSR count). The number of ether oxygens (including phenoxy) is 3. The van der Waals surface area contributed by atoms with Crippen LogP contribution in [0.15, 0.2) is 18.6 Å². The van der Waals surface area contributed by atoms with E-state index in [1.54, 1.807) is 25.7 Å². The number of methoxy groups -OCH3 is 2. The second-order valence-corrected chi connectivity index (χ2v) is 6.82. The Labute approximate surface area is 164 Å². The summed E-state index contributed by atoms with van der Waals surface area (Å²) in [5.41, 5.74) is 1.37. The van der Waals surface area contributed by atoms with E-state index in [9.17, 15) is 4.79 Å². The Bertz CT molecular complexity index is 786. The topological polar surface area (TPSA) is 100 Å². The van der Waals surface area contributed by atoms with E-state index >= 15 is 0 Å². The van der Waals surface area contributed by atoms with Gasteiger partial charge in [-0.15, -0.1) is 0 Å². The van der Waals surface area contributed by atoms with Crippen LogP contribution < -0.4 is 10.1 Å². The number of imidazole rings is 1. The van der Waals surface area contributed by atoms with Gasteiger partial charge in [0.05, 0.1) is 50.3 Å². The number of amides is 1. The standard InChI is InChI=1S/C19H27N5O4/c1-24-12-20-11-16(24)15-10-17(27-3)23-18(22-15)19(25)21-13-4-6-14(7-5-13)28-9-8-26-2/h10-14H,4-9H2,1-3H3,(H,21,25). The van der Waals surface area contributed by atoms with Crippen molar-refractivity contribution in [2.75, 3.05) is 27.4 Å². The fourth-order valence-electron chi connectivity index (χ4n) is 3.29. The largest absolute Gasteiger partial charge is 0.481 e. The number of hydrogen-bond donors (Lipinski definition) is 1. The number of carbonyl (C=O) groups is 1. The van der Waals surface area contributed by atoms with Crippen LogP contribution in [0.1, 0.15) is 36.3 Å². The molecule has 1 amide bonds. The Morgan fingerprint density at radius 2 is 2.00 bits per heavy atom. The molecule has 1 aliphatic carbocycles. The summed E-state index contributed by atoms with van der Waals surface area (Å²) in [6.07, 6.45) is 7.14. The van der Waals surface area contributed by atoms with Crippen LogP contribution in [-0.2, 0) is 16.5 Å². The van der Waals surface area contributed by atoms with Gasteiger partial charge in [0, 0.05) is 26.3 Å². The number of hydrogen-bond acceptors (Lipinski definition) is 7. The molecule has 2 heterocycles. The zero-order valence-corrected chi connectivity index (χ0v) is 16.6. The predicted octanol–water partition coefficient (Wildman–Crippen LogP) is 1.59. The van der Waals surface area contributed by atoms with Crippen LogP contribution in [0.3, 0.4) is 0 Å². The SMILES string of the molecule is COCCOC1CCC(NC(=O)c2nc(OC)cc(-c3cncn3C)n2)CC1. The van der Waals surface area contributed by atoms with Crippen LogP contribution in [0.2, 0.25) is 0 Å². The highest BCUT2D eigenvalue weighted by Gasteiger charge is 2.24. The maximum Gasteiger partial charge on any atom is 0.289 e. The van der Waals surface area contributed by atoms with E-state index < -0.39 is 0 Å². The lowest BCUT2D eigenvalue weighted by molar-refractivity contribution is -0.00410. The third kappa shape index (κ3) is 5.05. The van der Waals surface area contributed by atoms with E-state index in [1.807, 2.05) is 11.6 Å². The summed E-state index contributed by atoms with van der Waals surface area (Å²) < 4.78 is 17.9. The molecular formula is C19H27N5O4. The summed E-state index contributed by atoms with van der Waals surface area (Å²) in [4.78, 5) is 25.4. The second kappa shape index (κ2) is 9.61. The monoisotopic (exact) mass is 389 g/mol. The van der Waals surface area contributed by atoms with Crippen molar-refractivity contribution in [2.45, 2.75) is 37.8 Å². The van der Waals surface area contributed by atoms with Gasteiger partial charge in [-0.25, -0.2) is 9.97 Å². The number of nitrogens with zero attached hydrogens (tertiary/aromatic N) is 4. The van der Waals surface area contributed by atoms with Crippen molar-refractivity contribution in [3.05, 3.63) is 24.4 Å². The lowest BCUT2D eigenvalue weighted by Crippen LogP contribution is -2.40. The smallest absolute Gasteiger partial charge is 0.289 e. The zero-order chi connectivity index (χ0) is 19.9. The minimum Gasteiger partial charge on any atom is -0.481 e. The van der Waals surface area contributed by atoms with E-state index in [0.29, 0.717) is 24.8 Å². The Hall–Kier alpha value is -2.52. The first-order valence-electron chi connectivity index (χ1n) is 9.42. The molecule has 0 unspecified atom stereocenters. The molecule has 1 saturated carbocycles. The highest BCUT2D eigenvalue weighted by atomic mass is 16.5. The summed E-state index contributed by atoms with van der Waals surface area (Å²) in [5, 5.41) is 3.04. The molecule has 0 atom stereocenters. The van der Waals surface area contributed by atoms with Crippen molar-refractivity contribution >= 4 is 5.91 Å². The summed E-state index contributed by atoms with van der Waals surface area (Å²) >= 11 is 0. The first-order chi connectivity index (χ1) is 13.6. The van der Waals surface area contributed by atoms with Crippen LogP contribution in [0.5, 0.6) is 5.88 Å². The van der Waals surface area contributed by atoms with Crippen LogP contribution >= 0.6 is 0 Å². The molecule has 2 aromatic rings. The average Bonchev–Trinajstić information content (AvgIpc) is 3.15. The van der Waals surface area contributed by atoms with Crippen LogP contribution in [0, 0.1) is 0 Å². The molecule has 1 fully saturated rings. The Balaban J connectivity index is 1.62. The van der Waals surface area contributed by atoms with E-state index in [0.717, 1.165) is 31.4 Å². The summed E-state index contributed by atoms with van der Waals surface area (Å²) in [6, 6.07) is 1.78. The van der Waals surface area contributed by atoms with Crippen molar-refractivity contribution < 1.29 is 19.0 Å². The number of aromatic nitrogens is 4. The number of aryl methyl sites for hydroxylation is 1. The fourth-order valence-corrected chi connectivity index (χ4v) is 3.29. The van der Waals surface area contributed by atoms with E-state index in [4.69, 9.17) is 14.2 Å². The second-order valence-electron chi connectivity index (χ2n) is 6.82. The predicted molar refractivity (Wildman–Crippen MR) is 102 cm³/mol. The van der Waals surface area contributed by atoms with Gasteiger partial charge < -0.3 is 24.1 Å². The first-order valence-corrected chi connectivity index (χ1v) is 9.42. The van der Waals surface area contributed by atoms with Crippen molar-refractivity contribution in [2.24, 2.45) is 7.05 Å². The van der Waals surface area contributed by atoms with Gasteiger partial charge in [0.1, 0.15) is 0 Å². The molecule has 152 valence electrons. The van der Waals surface area contributed by atoms with Crippen LogP contribution in [0.25, 0.3) is 11.4 Å². The molecule has 28 heavy (non-hydrogen) atoms. The molecular weight excluding hydrogens is 362 g/mol. The van der Waals surface area contributed by atoms with Crippen molar-refractivity contribution in [1.29, 1.82) is 0 Å². The molecule has 0 aliphatic heterocycles. The molecule has 2 aromatic heterocycles. The van der Waals surface area contributed by atoms with Crippen molar-refractivity contribution in [3.63, 3.8) is 0 Å². The van der Waals surface area contributed by atoms with Crippen LogP contribution in [-0.4, -0.2) is 65.0 Å². The molecule has 0 bridgehead atoms. The third-order valence-corrected chi connectivity index (χ3v) is 4.84. The van der Waals surface area contributed by atoms with Gasteiger partial charge in [0.25, 0.3) is 5.91 Å². The minimum absolute atomic E-state index is 0.0877. The third-order valence-electron chi connectivity index (χ3n) is 4.84. The molecule has 0 saturated heterocycles. The quantitative estimate of drug-likeness (QED) is 0.684. The summed E-state index contributed by atoms with van der Waals surface area (Å²) in [5.74, 6) is 0.131. The van der Waals surface area contributed by atoms with Gasteiger partial charge in [-0.3, -0.25) is 4.79 Å².